The van der Waals surface area contributed by atoms with Gasteiger partial charge in [0.05, 0.1) is 12.7 Å². The van der Waals surface area contributed by atoms with Crippen LogP contribution in [0.3, 0.4) is 0 Å². The predicted molar refractivity (Wildman–Crippen MR) is 93.0 cm³/mol. The van der Waals surface area contributed by atoms with Crippen molar-refractivity contribution >= 4 is 8.09 Å². The molecule has 0 aliphatic carbocycles. The Kier molecular flexibility index (Phi) is 5.32. The summed E-state index contributed by atoms with van der Waals surface area (Å²) in [6.45, 7) is -0.270. The van der Waals surface area contributed by atoms with Crippen LogP contribution in [0.2, 0.25) is 0 Å². The average molecular weight is 434 g/mol. The Morgan fingerprint density at radius 2 is 2.03 bits per heavy atom. The summed E-state index contributed by atoms with van der Waals surface area (Å²) < 4.78 is 57.6. The van der Waals surface area contributed by atoms with E-state index < -0.39 is 55.2 Å². The second-order valence-corrected chi connectivity index (χ2v) is 8.37. The first-order valence-electron chi connectivity index (χ1n) is 8.54. The second kappa shape index (κ2) is 7.63. The van der Waals surface area contributed by atoms with Gasteiger partial charge in [-0.3, -0.25) is 14.3 Å². The maximum atomic E-state index is 13.7. The standard InChI is InChI=1S/C16H15F3N3O6P/c17-9-2-1-8(10(18)3-9)5-20-29(25)26-7-13-12(28-29)4-14(27-13)22-6-11(19)15(23)21-16(22)24/h1-3,6,12-14,20,25H,4-5,7H2/p+1/t12-,13+,14+,29?/m0/s1. The van der Waals surface area contributed by atoms with E-state index in [9.17, 15) is 27.7 Å². The third-order valence-corrected chi connectivity index (χ3v) is 6.20. The van der Waals surface area contributed by atoms with E-state index in [2.05, 4.69) is 5.09 Å². The fraction of sp³-hybridized carbons (Fsp3) is 0.375. The number of aromatic amines is 1. The van der Waals surface area contributed by atoms with E-state index in [0.29, 0.717) is 6.07 Å². The highest BCUT2D eigenvalue weighted by Crippen LogP contribution is 2.59. The minimum atomic E-state index is -3.59. The summed E-state index contributed by atoms with van der Waals surface area (Å²) in [5, 5.41) is 2.60. The van der Waals surface area contributed by atoms with E-state index >= 15 is 0 Å². The lowest BCUT2D eigenvalue weighted by atomic mass is 10.2. The van der Waals surface area contributed by atoms with Crippen molar-refractivity contribution in [1.29, 1.82) is 0 Å². The van der Waals surface area contributed by atoms with Crippen LogP contribution in [0.1, 0.15) is 18.2 Å². The Morgan fingerprint density at radius 1 is 1.24 bits per heavy atom. The Bertz CT molecular complexity index is 1050. The molecule has 29 heavy (non-hydrogen) atoms. The number of rotatable bonds is 4. The number of nitrogens with zero attached hydrogens (tertiary/aromatic N) is 1. The molecule has 4 atom stereocenters. The van der Waals surface area contributed by atoms with Crippen LogP contribution in [0.4, 0.5) is 13.2 Å². The van der Waals surface area contributed by atoms with Crippen LogP contribution in [-0.4, -0.2) is 33.3 Å². The molecule has 0 spiro atoms. The molecule has 0 bridgehead atoms. The van der Waals surface area contributed by atoms with Gasteiger partial charge in [0, 0.05) is 18.1 Å². The van der Waals surface area contributed by atoms with Crippen molar-refractivity contribution in [2.45, 2.75) is 31.4 Å². The van der Waals surface area contributed by atoms with Crippen molar-refractivity contribution < 1.29 is 31.8 Å². The normalized spacial score (nSPS) is 29.0. The van der Waals surface area contributed by atoms with Crippen molar-refractivity contribution in [1.82, 2.24) is 14.6 Å². The van der Waals surface area contributed by atoms with E-state index in [-0.39, 0.29) is 25.1 Å². The van der Waals surface area contributed by atoms with Crippen LogP contribution in [0.15, 0.2) is 34.0 Å². The molecule has 2 fully saturated rings. The zero-order chi connectivity index (χ0) is 20.8. The summed E-state index contributed by atoms with van der Waals surface area (Å²) in [5.41, 5.74) is -1.89. The quantitative estimate of drug-likeness (QED) is 0.618. The first kappa shape index (κ1) is 20.2. The molecule has 3 N–H and O–H groups in total. The number of ether oxygens (including phenoxy) is 1. The first-order chi connectivity index (χ1) is 13.7. The average Bonchev–Trinajstić information content (AvgIpc) is 3.06. The van der Waals surface area contributed by atoms with Crippen molar-refractivity contribution in [2.75, 3.05) is 6.61 Å². The molecule has 2 aromatic rings. The van der Waals surface area contributed by atoms with Gasteiger partial charge in [0.25, 0.3) is 5.56 Å². The van der Waals surface area contributed by atoms with Gasteiger partial charge in [0.2, 0.25) is 5.82 Å². The van der Waals surface area contributed by atoms with Crippen molar-refractivity contribution in [2.24, 2.45) is 0 Å². The van der Waals surface area contributed by atoms with Crippen LogP contribution in [0, 0.1) is 17.5 Å². The van der Waals surface area contributed by atoms with E-state index in [1.54, 1.807) is 0 Å². The lowest BCUT2D eigenvalue weighted by Gasteiger charge is -2.27. The number of hydrogen-bond donors (Lipinski definition) is 3. The van der Waals surface area contributed by atoms with Gasteiger partial charge in [0.1, 0.15) is 36.7 Å². The Labute approximate surface area is 161 Å². The second-order valence-electron chi connectivity index (χ2n) is 6.54. The molecule has 2 aliphatic heterocycles. The summed E-state index contributed by atoms with van der Waals surface area (Å²) >= 11 is 0. The van der Waals surface area contributed by atoms with Crippen molar-refractivity contribution in [3.63, 3.8) is 0 Å². The molecule has 13 heteroatoms. The van der Waals surface area contributed by atoms with Gasteiger partial charge in [-0.05, 0) is 6.07 Å². The van der Waals surface area contributed by atoms with Crippen LogP contribution in [0.5, 0.6) is 0 Å². The molecule has 4 rings (SSSR count). The van der Waals surface area contributed by atoms with Gasteiger partial charge in [-0.1, -0.05) is 6.07 Å². The fourth-order valence-corrected chi connectivity index (χ4v) is 4.66. The molecule has 0 radical (unpaired) electrons. The molecule has 3 heterocycles. The Balaban J connectivity index is 1.44. The van der Waals surface area contributed by atoms with E-state index in [1.807, 2.05) is 4.98 Å². The zero-order valence-electron chi connectivity index (χ0n) is 14.7. The molecular weight excluding hydrogens is 418 g/mol. The van der Waals surface area contributed by atoms with Gasteiger partial charge in [0.15, 0.2) is 0 Å². The smallest absolute Gasteiger partial charge is 0.349 e. The summed E-state index contributed by atoms with van der Waals surface area (Å²) in [6.07, 6.45) is -1.46. The lowest BCUT2D eigenvalue weighted by Crippen LogP contribution is -2.38. The topological polar surface area (TPSA) is 115 Å². The summed E-state index contributed by atoms with van der Waals surface area (Å²) in [4.78, 5) is 35.4. The highest BCUT2D eigenvalue weighted by molar-refractivity contribution is 7.58. The molecule has 0 saturated carbocycles. The van der Waals surface area contributed by atoms with Crippen LogP contribution >= 0.6 is 8.09 Å². The first-order valence-corrected chi connectivity index (χ1v) is 10.1. The molecule has 1 aromatic heterocycles. The number of H-pyrrole nitrogens is 1. The minimum absolute atomic E-state index is 0.0777. The molecule has 2 aliphatic rings. The zero-order valence-corrected chi connectivity index (χ0v) is 15.6. The SMILES string of the molecule is O=c1[nH]c(=O)n([C@H]2C[C@@H]3O[P+](O)(NCc4ccc(F)cc4F)OC[C@H]3O2)cc1F. The number of benzene rings is 1. The van der Waals surface area contributed by atoms with E-state index in [0.717, 1.165) is 16.8 Å². The summed E-state index contributed by atoms with van der Waals surface area (Å²) in [5.74, 6) is -2.66. The van der Waals surface area contributed by atoms with Crippen LogP contribution in [-0.2, 0) is 20.3 Å². The molecular formula is C16H16F3N3O6P+. The Morgan fingerprint density at radius 3 is 2.79 bits per heavy atom. The number of aromatic nitrogens is 2. The molecule has 156 valence electrons. The predicted octanol–water partition coefficient (Wildman–Crippen LogP) is 1.12. The van der Waals surface area contributed by atoms with E-state index in [4.69, 9.17) is 13.8 Å². The minimum Gasteiger partial charge on any atom is -0.349 e. The van der Waals surface area contributed by atoms with E-state index in [1.165, 1.54) is 6.07 Å². The van der Waals surface area contributed by atoms with Crippen LogP contribution < -0.4 is 16.3 Å². The molecule has 1 unspecified atom stereocenters. The summed E-state index contributed by atoms with van der Waals surface area (Å²) in [6, 6.07) is 3.02. The van der Waals surface area contributed by atoms with Gasteiger partial charge >= 0.3 is 13.8 Å². The number of nitrogens with one attached hydrogen (secondary N) is 2. The Hall–Kier alpha value is -2.08. The van der Waals surface area contributed by atoms with Crippen molar-refractivity contribution in [3.05, 3.63) is 68.2 Å². The lowest BCUT2D eigenvalue weighted by molar-refractivity contribution is -0.0665. The number of hydrogen-bond acceptors (Lipinski definition) is 7. The molecule has 0 amide bonds. The van der Waals surface area contributed by atoms with Gasteiger partial charge in [-0.15, -0.1) is 5.09 Å². The van der Waals surface area contributed by atoms with Gasteiger partial charge in [-0.25, -0.2) is 13.6 Å². The molecule has 9 nitrogen and oxygen atoms in total. The number of fused-ring (bicyclic) bond motifs is 1. The monoisotopic (exact) mass is 434 g/mol. The molecule has 2 saturated heterocycles. The highest BCUT2D eigenvalue weighted by atomic mass is 31.2. The van der Waals surface area contributed by atoms with Gasteiger partial charge in [-0.2, -0.15) is 18.3 Å². The third kappa shape index (κ3) is 4.13. The maximum Gasteiger partial charge on any atom is 0.499 e. The van der Waals surface area contributed by atoms with Gasteiger partial charge < -0.3 is 4.74 Å². The van der Waals surface area contributed by atoms with Crippen molar-refractivity contribution in [3.8, 4) is 0 Å². The largest absolute Gasteiger partial charge is 0.499 e. The fourth-order valence-electron chi connectivity index (χ4n) is 3.13. The van der Waals surface area contributed by atoms with Crippen LogP contribution in [0.25, 0.3) is 0 Å². The molecule has 1 aromatic carbocycles. The summed E-state index contributed by atoms with van der Waals surface area (Å²) in [7, 11) is -3.59. The highest BCUT2D eigenvalue weighted by Gasteiger charge is 2.56. The third-order valence-electron chi connectivity index (χ3n) is 4.59. The number of halogens is 3. The maximum absolute atomic E-state index is 13.7.